The van der Waals surface area contributed by atoms with Crippen LogP contribution in [0.1, 0.15) is 23.7 Å². The number of sulfonamides is 1. The van der Waals surface area contributed by atoms with Crippen molar-refractivity contribution < 1.29 is 22.7 Å². The fraction of sp³-hybridized carbons (Fsp3) is 0.385. The highest BCUT2D eigenvalue weighted by Crippen LogP contribution is 2.10. The van der Waals surface area contributed by atoms with Crippen molar-refractivity contribution in [1.29, 1.82) is 0 Å². The lowest BCUT2D eigenvalue weighted by atomic mass is 10.2. The first-order valence-corrected chi connectivity index (χ1v) is 7.98. The van der Waals surface area contributed by atoms with Crippen LogP contribution in [0.3, 0.4) is 0 Å². The summed E-state index contributed by atoms with van der Waals surface area (Å²) < 4.78 is 29.6. The van der Waals surface area contributed by atoms with Gasteiger partial charge in [0.25, 0.3) is 0 Å². The molecule has 0 aliphatic carbocycles. The van der Waals surface area contributed by atoms with Crippen LogP contribution in [-0.4, -0.2) is 39.7 Å². The normalized spacial score (nSPS) is 11.0. The van der Waals surface area contributed by atoms with Crippen LogP contribution in [0.15, 0.2) is 24.3 Å². The highest BCUT2D eigenvalue weighted by Gasteiger charge is 2.11. The van der Waals surface area contributed by atoms with Gasteiger partial charge < -0.3 is 10.1 Å². The summed E-state index contributed by atoms with van der Waals surface area (Å²) in [5.41, 5.74) is 0.821. The molecule has 1 aromatic carbocycles. The molecule has 0 aromatic heterocycles. The van der Waals surface area contributed by atoms with E-state index in [1.807, 2.05) is 0 Å². The zero-order valence-electron chi connectivity index (χ0n) is 11.9. The SMILES string of the molecule is CCCS(=O)(=O)NCC(=O)Nc1ccc(C(=O)OC)cc1. The molecule has 0 saturated heterocycles. The lowest BCUT2D eigenvalue weighted by molar-refractivity contribution is -0.115. The zero-order chi connectivity index (χ0) is 15.9. The van der Waals surface area contributed by atoms with E-state index in [9.17, 15) is 18.0 Å². The fourth-order valence-electron chi connectivity index (χ4n) is 1.53. The number of hydrogen-bond acceptors (Lipinski definition) is 5. The van der Waals surface area contributed by atoms with Gasteiger partial charge in [-0.05, 0) is 30.7 Å². The summed E-state index contributed by atoms with van der Waals surface area (Å²) in [4.78, 5) is 22.8. The average molecular weight is 314 g/mol. The van der Waals surface area contributed by atoms with Crippen molar-refractivity contribution in [2.75, 3.05) is 24.7 Å². The zero-order valence-corrected chi connectivity index (χ0v) is 12.7. The molecular formula is C13H18N2O5S. The second-order valence-electron chi connectivity index (χ2n) is 4.26. The first-order valence-electron chi connectivity index (χ1n) is 6.33. The minimum Gasteiger partial charge on any atom is -0.465 e. The summed E-state index contributed by atoms with van der Waals surface area (Å²) in [7, 11) is -2.13. The number of esters is 1. The lowest BCUT2D eigenvalue weighted by Gasteiger charge is -2.07. The minimum absolute atomic E-state index is 0.0197. The summed E-state index contributed by atoms with van der Waals surface area (Å²) in [5.74, 6) is -0.977. The standard InChI is InChI=1S/C13H18N2O5S/c1-3-8-21(18,19)14-9-12(16)15-11-6-4-10(5-7-11)13(17)20-2/h4-7,14H,3,8-9H2,1-2H3,(H,15,16). The Hall–Kier alpha value is -1.93. The third kappa shape index (κ3) is 5.92. The number of anilines is 1. The molecule has 116 valence electrons. The van der Waals surface area contributed by atoms with Crippen LogP contribution >= 0.6 is 0 Å². The van der Waals surface area contributed by atoms with E-state index < -0.39 is 21.9 Å². The van der Waals surface area contributed by atoms with Crippen molar-refractivity contribution in [2.45, 2.75) is 13.3 Å². The smallest absolute Gasteiger partial charge is 0.337 e. The van der Waals surface area contributed by atoms with Gasteiger partial charge in [0.2, 0.25) is 15.9 Å². The van der Waals surface area contributed by atoms with Crippen molar-refractivity contribution in [3.63, 3.8) is 0 Å². The predicted octanol–water partition coefficient (Wildman–Crippen LogP) is 0.741. The maximum absolute atomic E-state index is 11.6. The Morgan fingerprint density at radius 3 is 2.33 bits per heavy atom. The van der Waals surface area contributed by atoms with Crippen molar-refractivity contribution in [2.24, 2.45) is 0 Å². The van der Waals surface area contributed by atoms with Gasteiger partial charge in [-0.2, -0.15) is 0 Å². The van der Waals surface area contributed by atoms with Crippen molar-refractivity contribution in [3.8, 4) is 0 Å². The quantitative estimate of drug-likeness (QED) is 0.723. The van der Waals surface area contributed by atoms with Crippen molar-refractivity contribution >= 4 is 27.6 Å². The molecule has 0 aliphatic rings. The Kier molecular flexibility index (Phi) is 6.32. The van der Waals surface area contributed by atoms with Crippen LogP contribution in [0.5, 0.6) is 0 Å². The number of carbonyl (C=O) groups excluding carboxylic acids is 2. The molecule has 1 amide bonds. The molecule has 2 N–H and O–H groups in total. The number of methoxy groups -OCH3 is 1. The highest BCUT2D eigenvalue weighted by atomic mass is 32.2. The molecule has 0 heterocycles. The summed E-state index contributed by atoms with van der Waals surface area (Å²) in [6.45, 7) is 1.41. The number of rotatable bonds is 7. The molecule has 8 heteroatoms. The monoisotopic (exact) mass is 314 g/mol. The molecule has 0 spiro atoms. The number of nitrogens with one attached hydrogen (secondary N) is 2. The second-order valence-corrected chi connectivity index (χ2v) is 6.18. The second kappa shape index (κ2) is 7.75. The van der Waals surface area contributed by atoms with Crippen molar-refractivity contribution in [3.05, 3.63) is 29.8 Å². The van der Waals surface area contributed by atoms with Crippen LogP contribution < -0.4 is 10.0 Å². The summed E-state index contributed by atoms with van der Waals surface area (Å²) in [6, 6.07) is 6.07. The number of benzene rings is 1. The van der Waals surface area contributed by atoms with E-state index >= 15 is 0 Å². The van der Waals surface area contributed by atoms with E-state index in [4.69, 9.17) is 0 Å². The largest absolute Gasteiger partial charge is 0.465 e. The van der Waals surface area contributed by atoms with E-state index in [1.54, 1.807) is 6.92 Å². The van der Waals surface area contributed by atoms with Gasteiger partial charge in [-0.15, -0.1) is 0 Å². The maximum Gasteiger partial charge on any atom is 0.337 e. The molecule has 0 saturated carbocycles. The number of amides is 1. The predicted molar refractivity (Wildman–Crippen MR) is 78.5 cm³/mol. The summed E-state index contributed by atoms with van der Waals surface area (Å²) in [6.07, 6.45) is 0.478. The van der Waals surface area contributed by atoms with Crippen LogP contribution in [0.2, 0.25) is 0 Å². The molecule has 0 fully saturated rings. The third-order valence-corrected chi connectivity index (χ3v) is 4.05. The van der Waals surface area contributed by atoms with Gasteiger partial charge in [-0.25, -0.2) is 17.9 Å². The molecule has 1 aromatic rings. The topological polar surface area (TPSA) is 102 Å². The Morgan fingerprint density at radius 2 is 1.81 bits per heavy atom. The fourth-order valence-corrected chi connectivity index (χ4v) is 2.56. The Bertz CT molecular complexity index is 595. The average Bonchev–Trinajstić information content (AvgIpc) is 2.45. The van der Waals surface area contributed by atoms with Gasteiger partial charge in [0.15, 0.2) is 0 Å². The summed E-state index contributed by atoms with van der Waals surface area (Å²) in [5, 5.41) is 2.52. The third-order valence-electron chi connectivity index (χ3n) is 2.52. The molecule has 7 nitrogen and oxygen atoms in total. The van der Waals surface area contributed by atoms with Gasteiger partial charge in [-0.3, -0.25) is 4.79 Å². The lowest BCUT2D eigenvalue weighted by Crippen LogP contribution is -2.34. The maximum atomic E-state index is 11.6. The van der Waals surface area contributed by atoms with E-state index in [-0.39, 0.29) is 12.3 Å². The number of hydrogen-bond donors (Lipinski definition) is 2. The van der Waals surface area contributed by atoms with Crippen molar-refractivity contribution in [1.82, 2.24) is 4.72 Å². The van der Waals surface area contributed by atoms with E-state index in [1.165, 1.54) is 31.4 Å². The molecule has 0 radical (unpaired) electrons. The van der Waals surface area contributed by atoms with Crippen LogP contribution in [0.25, 0.3) is 0 Å². The van der Waals surface area contributed by atoms with Gasteiger partial charge in [-0.1, -0.05) is 6.92 Å². The first-order chi connectivity index (χ1) is 9.88. The van der Waals surface area contributed by atoms with Gasteiger partial charge in [0, 0.05) is 5.69 Å². The Labute approximate surface area is 123 Å². The van der Waals surface area contributed by atoms with E-state index in [0.29, 0.717) is 17.7 Å². The number of ether oxygens (including phenoxy) is 1. The van der Waals surface area contributed by atoms with Gasteiger partial charge in [0.05, 0.1) is 25.0 Å². The molecule has 0 aliphatic heterocycles. The van der Waals surface area contributed by atoms with Crippen LogP contribution in [-0.2, 0) is 19.6 Å². The van der Waals surface area contributed by atoms with E-state index in [0.717, 1.165) is 0 Å². The molecule has 1 rings (SSSR count). The summed E-state index contributed by atoms with van der Waals surface area (Å²) >= 11 is 0. The molecule has 0 bridgehead atoms. The van der Waals surface area contributed by atoms with E-state index in [2.05, 4.69) is 14.8 Å². The van der Waals surface area contributed by atoms with Crippen LogP contribution in [0, 0.1) is 0 Å². The van der Waals surface area contributed by atoms with Gasteiger partial charge in [0.1, 0.15) is 0 Å². The first kappa shape index (κ1) is 17.1. The highest BCUT2D eigenvalue weighted by molar-refractivity contribution is 7.89. The van der Waals surface area contributed by atoms with Gasteiger partial charge >= 0.3 is 5.97 Å². The minimum atomic E-state index is -3.41. The molecular weight excluding hydrogens is 296 g/mol. The molecule has 0 atom stereocenters. The number of carbonyl (C=O) groups is 2. The van der Waals surface area contributed by atoms with Crippen LogP contribution in [0.4, 0.5) is 5.69 Å². The molecule has 21 heavy (non-hydrogen) atoms. The molecule has 0 unspecified atom stereocenters. The Morgan fingerprint density at radius 1 is 1.19 bits per heavy atom. The Balaban J connectivity index is 2.54.